The second-order valence-electron chi connectivity index (χ2n) is 2.15. The largest absolute Gasteiger partial charge is 0.462 e. The van der Waals surface area contributed by atoms with Crippen molar-refractivity contribution < 1.29 is 9.53 Å². The van der Waals surface area contributed by atoms with Gasteiger partial charge < -0.3 is 4.74 Å². The monoisotopic (exact) mass is 298 g/mol. The summed E-state index contributed by atoms with van der Waals surface area (Å²) >= 11 is 6.44. The molecule has 0 bridgehead atoms. The Morgan fingerprint density at radius 2 is 2.17 bits per heavy atom. The molecule has 0 saturated heterocycles. The molecule has 0 aromatic carbocycles. The maximum atomic E-state index is 11.2. The van der Waals surface area contributed by atoms with E-state index in [2.05, 4.69) is 31.9 Å². The summed E-state index contributed by atoms with van der Waals surface area (Å²) in [6.07, 6.45) is 2.66. The van der Waals surface area contributed by atoms with Crippen LogP contribution in [0.15, 0.2) is 11.6 Å². The standard InChI is InChI=1S/C8H12Br2O2/c1-2-5-12-8(11)7(6-10)3-4-9/h3H,2,4-6H2,1H3. The summed E-state index contributed by atoms with van der Waals surface area (Å²) < 4.78 is 4.94. The lowest BCUT2D eigenvalue weighted by atomic mass is 10.3. The molecule has 0 fully saturated rings. The number of carbonyl (C=O) groups is 1. The first kappa shape index (κ1) is 12.2. The maximum Gasteiger partial charge on any atom is 0.334 e. The third-order valence-electron chi connectivity index (χ3n) is 1.17. The molecule has 70 valence electrons. The van der Waals surface area contributed by atoms with Gasteiger partial charge in [-0.15, -0.1) is 0 Å². The Bertz CT molecular complexity index is 166. The van der Waals surface area contributed by atoms with Crippen LogP contribution in [0.1, 0.15) is 13.3 Å². The Morgan fingerprint density at radius 3 is 2.58 bits per heavy atom. The number of hydrogen-bond acceptors (Lipinski definition) is 2. The van der Waals surface area contributed by atoms with E-state index in [4.69, 9.17) is 4.74 Å². The highest BCUT2D eigenvalue weighted by Gasteiger charge is 2.07. The fourth-order valence-corrected chi connectivity index (χ4v) is 1.42. The molecule has 0 atom stereocenters. The van der Waals surface area contributed by atoms with Crippen LogP contribution in [0.25, 0.3) is 0 Å². The molecule has 0 aromatic heterocycles. The second-order valence-corrected chi connectivity index (χ2v) is 3.36. The summed E-state index contributed by atoms with van der Waals surface area (Å²) in [7, 11) is 0. The molecule has 2 nitrogen and oxygen atoms in total. The highest BCUT2D eigenvalue weighted by molar-refractivity contribution is 9.09. The van der Waals surface area contributed by atoms with Gasteiger partial charge >= 0.3 is 5.97 Å². The lowest BCUT2D eigenvalue weighted by molar-refractivity contribution is -0.138. The number of allylic oxidation sites excluding steroid dienone is 1. The van der Waals surface area contributed by atoms with Crippen LogP contribution in [-0.2, 0) is 9.53 Å². The Hall–Kier alpha value is 0.170. The fourth-order valence-electron chi connectivity index (χ4n) is 0.573. The van der Waals surface area contributed by atoms with Crippen LogP contribution in [0.4, 0.5) is 0 Å². The summed E-state index contributed by atoms with van der Waals surface area (Å²) in [5, 5.41) is 1.22. The van der Waals surface area contributed by atoms with Crippen molar-refractivity contribution in [3.63, 3.8) is 0 Å². The van der Waals surface area contributed by atoms with Gasteiger partial charge in [0.25, 0.3) is 0 Å². The van der Waals surface area contributed by atoms with Gasteiger partial charge in [0.15, 0.2) is 0 Å². The molecule has 0 rings (SSSR count). The Kier molecular flexibility index (Phi) is 7.91. The molecule has 0 aliphatic heterocycles. The molecule has 0 saturated carbocycles. The molecular formula is C8H12Br2O2. The lowest BCUT2D eigenvalue weighted by Gasteiger charge is -2.03. The Balaban J connectivity index is 3.95. The van der Waals surface area contributed by atoms with Gasteiger partial charge in [-0.25, -0.2) is 4.79 Å². The number of ether oxygens (including phenoxy) is 1. The van der Waals surface area contributed by atoms with Crippen LogP contribution in [-0.4, -0.2) is 23.2 Å². The molecule has 0 heterocycles. The number of esters is 1. The molecular weight excluding hydrogens is 288 g/mol. The Morgan fingerprint density at radius 1 is 1.50 bits per heavy atom. The van der Waals surface area contributed by atoms with Crippen molar-refractivity contribution in [1.29, 1.82) is 0 Å². The summed E-state index contributed by atoms with van der Waals surface area (Å²) in [6, 6.07) is 0. The van der Waals surface area contributed by atoms with Crippen molar-refractivity contribution in [2.24, 2.45) is 0 Å². The minimum absolute atomic E-state index is 0.229. The van der Waals surface area contributed by atoms with E-state index < -0.39 is 0 Å². The van der Waals surface area contributed by atoms with Gasteiger partial charge in [-0.05, 0) is 6.42 Å². The van der Waals surface area contributed by atoms with Crippen LogP contribution >= 0.6 is 31.9 Å². The van der Waals surface area contributed by atoms with E-state index in [0.29, 0.717) is 22.8 Å². The van der Waals surface area contributed by atoms with Crippen molar-refractivity contribution >= 4 is 37.8 Å². The van der Waals surface area contributed by atoms with Gasteiger partial charge in [-0.3, -0.25) is 0 Å². The number of halogens is 2. The Labute approximate surface area is 89.6 Å². The zero-order valence-corrected chi connectivity index (χ0v) is 10.2. The third-order valence-corrected chi connectivity index (χ3v) is 2.09. The molecule has 0 amide bonds. The van der Waals surface area contributed by atoms with Crippen LogP contribution in [0, 0.1) is 0 Å². The zero-order chi connectivity index (χ0) is 9.40. The highest BCUT2D eigenvalue weighted by atomic mass is 79.9. The van der Waals surface area contributed by atoms with E-state index in [1.165, 1.54) is 0 Å². The van der Waals surface area contributed by atoms with Gasteiger partial charge in [-0.1, -0.05) is 44.9 Å². The van der Waals surface area contributed by atoms with E-state index in [0.717, 1.165) is 6.42 Å². The number of alkyl halides is 2. The molecule has 0 radical (unpaired) electrons. The molecule has 4 heteroatoms. The van der Waals surface area contributed by atoms with Crippen molar-refractivity contribution in [2.75, 3.05) is 17.3 Å². The van der Waals surface area contributed by atoms with Gasteiger partial charge in [0.2, 0.25) is 0 Å². The fraction of sp³-hybridized carbons (Fsp3) is 0.625. The van der Waals surface area contributed by atoms with E-state index in [1.807, 2.05) is 6.92 Å². The summed E-state index contributed by atoms with van der Waals surface area (Å²) in [4.78, 5) is 11.2. The van der Waals surface area contributed by atoms with Crippen LogP contribution in [0.3, 0.4) is 0 Å². The van der Waals surface area contributed by atoms with Crippen LogP contribution < -0.4 is 0 Å². The average molecular weight is 300 g/mol. The smallest absolute Gasteiger partial charge is 0.334 e. The quantitative estimate of drug-likeness (QED) is 0.443. The highest BCUT2D eigenvalue weighted by Crippen LogP contribution is 2.04. The molecule has 0 N–H and O–H groups in total. The van der Waals surface area contributed by atoms with E-state index in [1.54, 1.807) is 6.08 Å². The molecule has 0 aliphatic rings. The van der Waals surface area contributed by atoms with Crippen molar-refractivity contribution in [3.05, 3.63) is 11.6 Å². The van der Waals surface area contributed by atoms with Crippen molar-refractivity contribution in [2.45, 2.75) is 13.3 Å². The molecule has 0 aliphatic carbocycles. The predicted molar refractivity (Wildman–Crippen MR) is 56.9 cm³/mol. The minimum atomic E-state index is -0.229. The number of hydrogen-bond donors (Lipinski definition) is 0. The second kappa shape index (κ2) is 7.80. The van der Waals surface area contributed by atoms with Gasteiger partial charge in [0.1, 0.15) is 0 Å². The van der Waals surface area contributed by atoms with Crippen LogP contribution in [0.2, 0.25) is 0 Å². The first-order valence-corrected chi connectivity index (χ1v) is 5.98. The van der Waals surface area contributed by atoms with E-state index in [-0.39, 0.29) is 5.97 Å². The maximum absolute atomic E-state index is 11.2. The number of rotatable bonds is 5. The minimum Gasteiger partial charge on any atom is -0.462 e. The van der Waals surface area contributed by atoms with E-state index in [9.17, 15) is 4.79 Å². The third kappa shape index (κ3) is 4.93. The van der Waals surface area contributed by atoms with Crippen molar-refractivity contribution in [1.82, 2.24) is 0 Å². The van der Waals surface area contributed by atoms with Crippen molar-refractivity contribution in [3.8, 4) is 0 Å². The normalized spacial score (nSPS) is 11.4. The zero-order valence-electron chi connectivity index (χ0n) is 6.98. The molecule has 0 unspecified atom stereocenters. The van der Waals surface area contributed by atoms with Crippen LogP contribution in [0.5, 0.6) is 0 Å². The SMILES string of the molecule is CCCOC(=O)C(=CCBr)CBr. The van der Waals surface area contributed by atoms with Gasteiger partial charge in [-0.2, -0.15) is 0 Å². The predicted octanol–water partition coefficient (Wildman–Crippen LogP) is 2.66. The topological polar surface area (TPSA) is 26.3 Å². The summed E-state index contributed by atoms with van der Waals surface area (Å²) in [5.41, 5.74) is 0.667. The first-order valence-electron chi connectivity index (χ1n) is 3.74. The molecule has 12 heavy (non-hydrogen) atoms. The molecule has 0 aromatic rings. The van der Waals surface area contributed by atoms with Gasteiger partial charge in [0, 0.05) is 16.2 Å². The summed E-state index contributed by atoms with van der Waals surface area (Å²) in [6.45, 7) is 2.46. The number of carbonyl (C=O) groups excluding carboxylic acids is 1. The van der Waals surface area contributed by atoms with E-state index >= 15 is 0 Å². The first-order chi connectivity index (χ1) is 5.76. The lowest BCUT2D eigenvalue weighted by Crippen LogP contribution is -2.09. The molecule has 0 spiro atoms. The van der Waals surface area contributed by atoms with Gasteiger partial charge in [0.05, 0.1) is 6.61 Å². The summed E-state index contributed by atoms with van der Waals surface area (Å²) in [5.74, 6) is -0.229. The average Bonchev–Trinajstić information content (AvgIpc) is 2.10.